The summed E-state index contributed by atoms with van der Waals surface area (Å²) in [5, 5.41) is 9.46. The van der Waals surface area contributed by atoms with Crippen LogP contribution in [0.1, 0.15) is 5.76 Å². The largest absolute Gasteiger partial charge is 0.480 e. The minimum absolute atomic E-state index is 0.220. The predicted molar refractivity (Wildman–Crippen MR) is 96.7 cm³/mol. The molecule has 0 atom stereocenters. The van der Waals surface area contributed by atoms with Crippen LogP contribution < -0.4 is 0 Å². The first-order chi connectivity index (χ1) is 11.4. The number of benzene rings is 1. The minimum atomic E-state index is -1.12. The van der Waals surface area contributed by atoms with Crippen LogP contribution in [0, 0.1) is 0 Å². The zero-order valence-electron chi connectivity index (χ0n) is 12.1. The maximum absolute atomic E-state index is 12.2. The number of furan rings is 1. The fourth-order valence-corrected chi connectivity index (χ4v) is 3.46. The number of hydrogen-bond acceptors (Lipinski definition) is 5. The van der Waals surface area contributed by atoms with Crippen molar-refractivity contribution in [2.75, 3.05) is 6.54 Å². The molecular formula is C16H10ClNO4S2. The Balaban J connectivity index is 1.82. The van der Waals surface area contributed by atoms with Crippen molar-refractivity contribution in [2.45, 2.75) is 0 Å². The topological polar surface area (TPSA) is 70.8 Å². The molecule has 0 spiro atoms. The van der Waals surface area contributed by atoms with Gasteiger partial charge >= 0.3 is 5.97 Å². The normalized spacial score (nSPS) is 16.2. The average Bonchev–Trinajstić information content (AvgIpc) is 3.09. The van der Waals surface area contributed by atoms with Gasteiger partial charge in [-0.25, -0.2) is 0 Å². The van der Waals surface area contributed by atoms with E-state index in [1.54, 1.807) is 30.3 Å². The number of carbonyl (C=O) groups is 2. The third-order valence-electron chi connectivity index (χ3n) is 3.20. The van der Waals surface area contributed by atoms with Crippen molar-refractivity contribution in [2.24, 2.45) is 0 Å². The van der Waals surface area contributed by atoms with Crippen LogP contribution in [0.3, 0.4) is 0 Å². The average molecular weight is 380 g/mol. The summed E-state index contributed by atoms with van der Waals surface area (Å²) < 4.78 is 5.93. The fourth-order valence-electron chi connectivity index (χ4n) is 2.10. The van der Waals surface area contributed by atoms with E-state index < -0.39 is 18.4 Å². The first-order valence-electron chi connectivity index (χ1n) is 6.77. The maximum Gasteiger partial charge on any atom is 0.323 e. The summed E-state index contributed by atoms with van der Waals surface area (Å²) in [6.45, 7) is -0.448. The molecule has 122 valence electrons. The van der Waals surface area contributed by atoms with E-state index >= 15 is 0 Å². The van der Waals surface area contributed by atoms with Crippen LogP contribution in [-0.4, -0.2) is 32.7 Å². The molecule has 0 unspecified atom stereocenters. The number of carboxylic acids is 1. The molecule has 1 aliphatic heterocycles. The number of rotatable bonds is 4. The predicted octanol–water partition coefficient (Wildman–Crippen LogP) is 3.89. The van der Waals surface area contributed by atoms with Crippen LogP contribution in [0.4, 0.5) is 0 Å². The van der Waals surface area contributed by atoms with Crippen molar-refractivity contribution in [3.8, 4) is 11.3 Å². The van der Waals surface area contributed by atoms with Gasteiger partial charge in [-0.05, 0) is 36.4 Å². The Labute approximate surface area is 151 Å². The lowest BCUT2D eigenvalue weighted by molar-refractivity contribution is -0.140. The fraction of sp³-hybridized carbons (Fsp3) is 0.0625. The van der Waals surface area contributed by atoms with Gasteiger partial charge in [0.2, 0.25) is 0 Å². The van der Waals surface area contributed by atoms with Crippen molar-refractivity contribution in [1.29, 1.82) is 0 Å². The van der Waals surface area contributed by atoms with Crippen molar-refractivity contribution < 1.29 is 19.1 Å². The van der Waals surface area contributed by atoms with Gasteiger partial charge in [0.1, 0.15) is 22.4 Å². The molecule has 5 nitrogen and oxygen atoms in total. The molecule has 3 rings (SSSR count). The Bertz CT molecular complexity index is 857. The summed E-state index contributed by atoms with van der Waals surface area (Å²) in [4.78, 5) is 24.4. The molecule has 1 fully saturated rings. The van der Waals surface area contributed by atoms with E-state index in [0.717, 1.165) is 22.2 Å². The highest BCUT2D eigenvalue weighted by Crippen LogP contribution is 2.33. The van der Waals surface area contributed by atoms with E-state index in [2.05, 4.69) is 0 Å². The first kappa shape index (κ1) is 16.8. The van der Waals surface area contributed by atoms with E-state index in [1.807, 2.05) is 12.1 Å². The van der Waals surface area contributed by atoms with Crippen LogP contribution in [0.5, 0.6) is 0 Å². The van der Waals surface area contributed by atoms with Crippen molar-refractivity contribution in [3.05, 3.63) is 52.1 Å². The SMILES string of the molecule is O=C(O)CN1C(=O)/C(=C/c2ccc(-c3ccc(Cl)cc3)o2)SC1=S. The first-order valence-corrected chi connectivity index (χ1v) is 8.37. The van der Waals surface area contributed by atoms with Gasteiger partial charge in [0.25, 0.3) is 5.91 Å². The molecule has 24 heavy (non-hydrogen) atoms. The molecule has 0 aliphatic carbocycles. The molecule has 0 bridgehead atoms. The summed E-state index contributed by atoms with van der Waals surface area (Å²) in [7, 11) is 0. The second-order valence-corrected chi connectivity index (χ2v) is 6.98. The lowest BCUT2D eigenvalue weighted by Gasteiger charge is -2.09. The standard InChI is InChI=1S/C16H10ClNO4S2/c17-10-3-1-9(2-4-10)12-6-5-11(22-12)7-13-15(21)18(8-14(19)20)16(23)24-13/h1-7H,8H2,(H,19,20)/b13-7-. The summed E-state index contributed by atoms with van der Waals surface area (Å²) in [5.74, 6) is -0.429. The molecule has 8 heteroatoms. The second-order valence-electron chi connectivity index (χ2n) is 4.87. The zero-order chi connectivity index (χ0) is 17.3. The smallest absolute Gasteiger partial charge is 0.323 e. The molecule has 1 N–H and O–H groups in total. The van der Waals surface area contributed by atoms with E-state index in [1.165, 1.54) is 0 Å². The summed E-state index contributed by atoms with van der Waals surface area (Å²) in [6, 6.07) is 10.7. The lowest BCUT2D eigenvalue weighted by Crippen LogP contribution is -2.33. The van der Waals surface area contributed by atoms with Crippen LogP contribution in [0.15, 0.2) is 45.7 Å². The molecule has 1 amide bonds. The summed E-state index contributed by atoms with van der Waals surface area (Å²) >= 11 is 12.0. The maximum atomic E-state index is 12.2. The summed E-state index contributed by atoms with van der Waals surface area (Å²) in [6.07, 6.45) is 1.56. The molecule has 2 aromatic rings. The highest BCUT2D eigenvalue weighted by atomic mass is 35.5. The second kappa shape index (κ2) is 6.80. The lowest BCUT2D eigenvalue weighted by atomic mass is 10.2. The third kappa shape index (κ3) is 3.53. The minimum Gasteiger partial charge on any atom is -0.480 e. The highest BCUT2D eigenvalue weighted by Gasteiger charge is 2.33. The quantitative estimate of drug-likeness (QED) is 0.642. The number of hydrogen-bond donors (Lipinski definition) is 1. The Kier molecular flexibility index (Phi) is 4.75. The Morgan fingerprint density at radius 3 is 2.67 bits per heavy atom. The van der Waals surface area contributed by atoms with Gasteiger partial charge in [0.15, 0.2) is 0 Å². The Morgan fingerprint density at radius 2 is 2.00 bits per heavy atom. The van der Waals surface area contributed by atoms with Gasteiger partial charge in [-0.3, -0.25) is 14.5 Å². The Hall–Kier alpha value is -2.09. The number of halogens is 1. The monoisotopic (exact) mass is 379 g/mol. The van der Waals surface area contributed by atoms with Gasteiger partial charge in [0, 0.05) is 16.7 Å². The van der Waals surface area contributed by atoms with E-state index in [9.17, 15) is 9.59 Å². The Morgan fingerprint density at radius 1 is 1.29 bits per heavy atom. The van der Waals surface area contributed by atoms with Gasteiger partial charge in [-0.15, -0.1) is 0 Å². The van der Waals surface area contributed by atoms with E-state index in [-0.39, 0.29) is 4.32 Å². The molecule has 2 heterocycles. The molecule has 1 aromatic heterocycles. The molecule has 1 aliphatic rings. The van der Waals surface area contributed by atoms with Crippen LogP contribution >= 0.6 is 35.6 Å². The number of thioether (sulfide) groups is 1. The number of carbonyl (C=O) groups excluding carboxylic acids is 1. The third-order valence-corrected chi connectivity index (χ3v) is 4.83. The number of amides is 1. The van der Waals surface area contributed by atoms with Gasteiger partial charge in [-0.1, -0.05) is 35.6 Å². The molecule has 0 saturated carbocycles. The van der Waals surface area contributed by atoms with Crippen LogP contribution in [0.25, 0.3) is 17.4 Å². The van der Waals surface area contributed by atoms with Gasteiger partial charge in [-0.2, -0.15) is 0 Å². The molecular weight excluding hydrogens is 370 g/mol. The molecule has 1 saturated heterocycles. The van der Waals surface area contributed by atoms with E-state index in [4.69, 9.17) is 33.3 Å². The molecule has 0 radical (unpaired) electrons. The van der Waals surface area contributed by atoms with Crippen molar-refractivity contribution in [1.82, 2.24) is 4.90 Å². The van der Waals surface area contributed by atoms with E-state index in [0.29, 0.717) is 21.4 Å². The number of carboxylic acid groups (broad SMARTS) is 1. The van der Waals surface area contributed by atoms with Crippen molar-refractivity contribution >= 4 is 57.9 Å². The number of thiocarbonyl (C=S) groups is 1. The molecule has 1 aromatic carbocycles. The van der Waals surface area contributed by atoms with Gasteiger partial charge in [0.05, 0.1) is 4.91 Å². The van der Waals surface area contributed by atoms with Crippen LogP contribution in [-0.2, 0) is 9.59 Å². The highest BCUT2D eigenvalue weighted by molar-refractivity contribution is 8.26. The van der Waals surface area contributed by atoms with Crippen molar-refractivity contribution in [3.63, 3.8) is 0 Å². The van der Waals surface area contributed by atoms with Crippen LogP contribution in [0.2, 0.25) is 5.02 Å². The number of nitrogens with zero attached hydrogens (tertiary/aromatic N) is 1. The summed E-state index contributed by atoms with van der Waals surface area (Å²) in [5.41, 5.74) is 0.859. The zero-order valence-corrected chi connectivity index (χ0v) is 14.5. The van der Waals surface area contributed by atoms with Gasteiger partial charge < -0.3 is 9.52 Å². The number of aliphatic carboxylic acids is 1.